The molecule has 7 heteroatoms. The quantitative estimate of drug-likeness (QED) is 0.900. The van der Waals surface area contributed by atoms with Crippen LogP contribution in [0.2, 0.25) is 0 Å². The molecule has 0 aliphatic rings. The van der Waals surface area contributed by atoms with Crippen LogP contribution in [-0.4, -0.2) is 13.6 Å². The summed E-state index contributed by atoms with van der Waals surface area (Å²) >= 11 is 0. The molecule has 1 unspecified atom stereocenters. The van der Waals surface area contributed by atoms with Gasteiger partial charge in [-0.25, -0.2) is 13.6 Å². The second kappa shape index (κ2) is 5.26. The minimum Gasteiger partial charge on any atom is -0.378 e. The highest BCUT2D eigenvalue weighted by atomic mass is 32.2. The van der Waals surface area contributed by atoms with Crippen molar-refractivity contribution in [3.63, 3.8) is 0 Å². The van der Waals surface area contributed by atoms with E-state index >= 15 is 0 Å². The Kier molecular flexibility index (Phi) is 3.82. The van der Waals surface area contributed by atoms with Crippen LogP contribution < -0.4 is 10.5 Å². The summed E-state index contributed by atoms with van der Waals surface area (Å²) in [6, 6.07) is 6.29. The summed E-state index contributed by atoms with van der Waals surface area (Å²) in [5, 5.41) is 12.2. The van der Waals surface area contributed by atoms with Gasteiger partial charge in [0, 0.05) is 11.3 Å². The van der Waals surface area contributed by atoms with Gasteiger partial charge in [0.15, 0.2) is 0 Å². The summed E-state index contributed by atoms with van der Waals surface area (Å²) in [5.74, 6) is 0.767. The van der Waals surface area contributed by atoms with Gasteiger partial charge in [-0.1, -0.05) is 5.16 Å². The lowest BCUT2D eigenvalue weighted by atomic mass is 10.1. The van der Waals surface area contributed by atoms with Crippen LogP contribution in [0.1, 0.15) is 30.0 Å². The maximum absolute atomic E-state index is 11.2. The first kappa shape index (κ1) is 14.5. The number of rotatable bonds is 4. The molecule has 2 rings (SSSR count). The second-order valence-electron chi connectivity index (χ2n) is 4.67. The maximum atomic E-state index is 11.2. The molecule has 0 aliphatic carbocycles. The van der Waals surface area contributed by atoms with Gasteiger partial charge in [0.25, 0.3) is 0 Å². The number of benzene rings is 1. The van der Waals surface area contributed by atoms with E-state index in [-0.39, 0.29) is 10.9 Å². The van der Waals surface area contributed by atoms with E-state index in [1.807, 2.05) is 20.8 Å². The minimum atomic E-state index is -3.66. The normalized spacial score (nSPS) is 13.2. The molecule has 0 saturated heterocycles. The molecular weight excluding hydrogens is 278 g/mol. The predicted molar refractivity (Wildman–Crippen MR) is 75.8 cm³/mol. The number of aryl methyl sites for hydroxylation is 2. The minimum absolute atomic E-state index is 0.00147. The average Bonchev–Trinajstić information content (AvgIpc) is 2.68. The van der Waals surface area contributed by atoms with Crippen molar-refractivity contribution in [2.75, 3.05) is 5.32 Å². The summed E-state index contributed by atoms with van der Waals surface area (Å²) in [5.41, 5.74) is 2.63. The number of hydrogen-bond donors (Lipinski definition) is 2. The number of nitrogens with one attached hydrogen (secondary N) is 1. The first-order chi connectivity index (χ1) is 9.29. The van der Waals surface area contributed by atoms with Crippen LogP contribution in [0.4, 0.5) is 5.69 Å². The largest absolute Gasteiger partial charge is 0.378 e. The van der Waals surface area contributed by atoms with E-state index in [0.717, 1.165) is 22.7 Å². The molecule has 0 radical (unpaired) electrons. The Morgan fingerprint density at radius 1 is 1.25 bits per heavy atom. The van der Waals surface area contributed by atoms with Crippen molar-refractivity contribution >= 4 is 15.7 Å². The predicted octanol–water partition coefficient (Wildman–Crippen LogP) is 2.11. The van der Waals surface area contributed by atoms with Crippen LogP contribution in [-0.2, 0) is 10.0 Å². The SMILES string of the molecule is Cc1noc(C)c1C(C)Nc1ccc(S(N)(=O)=O)cc1. The van der Waals surface area contributed by atoms with Crippen molar-refractivity contribution in [3.05, 3.63) is 41.3 Å². The van der Waals surface area contributed by atoms with Crippen LogP contribution >= 0.6 is 0 Å². The molecule has 3 N–H and O–H groups in total. The Labute approximate surface area is 118 Å². The second-order valence-corrected chi connectivity index (χ2v) is 6.23. The van der Waals surface area contributed by atoms with Crippen molar-refractivity contribution in [1.82, 2.24) is 5.16 Å². The highest BCUT2D eigenvalue weighted by molar-refractivity contribution is 7.89. The smallest absolute Gasteiger partial charge is 0.238 e. The van der Waals surface area contributed by atoms with Gasteiger partial charge in [0.2, 0.25) is 10.0 Å². The molecule has 0 amide bonds. The molecule has 0 fully saturated rings. The Morgan fingerprint density at radius 3 is 2.30 bits per heavy atom. The van der Waals surface area contributed by atoms with E-state index in [1.54, 1.807) is 12.1 Å². The first-order valence-electron chi connectivity index (χ1n) is 6.11. The zero-order valence-corrected chi connectivity index (χ0v) is 12.4. The van der Waals surface area contributed by atoms with Crippen LogP contribution in [0.15, 0.2) is 33.7 Å². The standard InChI is InChI=1S/C13H17N3O3S/c1-8(13-9(2)16-19-10(13)3)15-11-4-6-12(7-5-11)20(14,17)18/h4-8,15H,1-3H3,(H2,14,17,18). The van der Waals surface area contributed by atoms with E-state index < -0.39 is 10.0 Å². The van der Waals surface area contributed by atoms with Gasteiger partial charge >= 0.3 is 0 Å². The van der Waals surface area contributed by atoms with Gasteiger partial charge in [0.05, 0.1) is 16.6 Å². The number of hydrogen-bond acceptors (Lipinski definition) is 5. The third-order valence-corrected chi connectivity index (χ3v) is 4.02. The number of sulfonamides is 1. The molecule has 1 heterocycles. The van der Waals surface area contributed by atoms with E-state index in [1.165, 1.54) is 12.1 Å². The molecule has 0 aliphatic heterocycles. The van der Waals surface area contributed by atoms with E-state index in [9.17, 15) is 8.42 Å². The van der Waals surface area contributed by atoms with Crippen molar-refractivity contribution < 1.29 is 12.9 Å². The zero-order chi connectivity index (χ0) is 14.9. The van der Waals surface area contributed by atoms with E-state index in [0.29, 0.717) is 0 Å². The summed E-state index contributed by atoms with van der Waals surface area (Å²) in [4.78, 5) is 0.0908. The summed E-state index contributed by atoms with van der Waals surface area (Å²) in [6.07, 6.45) is 0. The Bertz CT molecular complexity index is 685. The average molecular weight is 295 g/mol. The van der Waals surface area contributed by atoms with Gasteiger partial charge in [-0.05, 0) is 45.0 Å². The van der Waals surface area contributed by atoms with Crippen molar-refractivity contribution in [3.8, 4) is 0 Å². The lowest BCUT2D eigenvalue weighted by Gasteiger charge is -2.15. The van der Waals surface area contributed by atoms with Crippen LogP contribution in [0.25, 0.3) is 0 Å². The Hall–Kier alpha value is -1.86. The molecule has 0 saturated carbocycles. The maximum Gasteiger partial charge on any atom is 0.238 e. The number of nitrogens with two attached hydrogens (primary N) is 1. The summed E-state index contributed by atoms with van der Waals surface area (Å²) in [6.45, 7) is 5.73. The molecule has 1 atom stereocenters. The summed E-state index contributed by atoms with van der Waals surface area (Å²) < 4.78 is 27.5. The number of nitrogens with zero attached hydrogens (tertiary/aromatic N) is 1. The number of aromatic nitrogens is 1. The third kappa shape index (κ3) is 3.00. The molecule has 20 heavy (non-hydrogen) atoms. The molecule has 1 aromatic carbocycles. The van der Waals surface area contributed by atoms with Crippen LogP contribution in [0, 0.1) is 13.8 Å². The molecule has 6 nitrogen and oxygen atoms in total. The molecule has 1 aromatic heterocycles. The highest BCUT2D eigenvalue weighted by Crippen LogP contribution is 2.25. The zero-order valence-electron chi connectivity index (χ0n) is 11.5. The van der Waals surface area contributed by atoms with Gasteiger partial charge < -0.3 is 9.84 Å². The summed E-state index contributed by atoms with van der Waals surface area (Å²) in [7, 11) is -3.66. The first-order valence-corrected chi connectivity index (χ1v) is 7.66. The third-order valence-electron chi connectivity index (χ3n) is 3.09. The van der Waals surface area contributed by atoms with E-state index in [4.69, 9.17) is 9.66 Å². The lowest BCUT2D eigenvalue weighted by molar-refractivity contribution is 0.392. The molecule has 0 bridgehead atoms. The van der Waals surface area contributed by atoms with Gasteiger partial charge in [0.1, 0.15) is 5.76 Å². The van der Waals surface area contributed by atoms with Gasteiger partial charge in [-0.3, -0.25) is 0 Å². The van der Waals surface area contributed by atoms with E-state index in [2.05, 4.69) is 10.5 Å². The van der Waals surface area contributed by atoms with Crippen molar-refractivity contribution in [2.24, 2.45) is 5.14 Å². The molecule has 2 aromatic rings. The molecular formula is C13H17N3O3S. The fourth-order valence-electron chi connectivity index (χ4n) is 2.17. The van der Waals surface area contributed by atoms with Gasteiger partial charge in [-0.2, -0.15) is 0 Å². The van der Waals surface area contributed by atoms with Crippen molar-refractivity contribution in [1.29, 1.82) is 0 Å². The Balaban J connectivity index is 2.19. The highest BCUT2D eigenvalue weighted by Gasteiger charge is 2.16. The topological polar surface area (TPSA) is 98.2 Å². The van der Waals surface area contributed by atoms with Crippen LogP contribution in [0.3, 0.4) is 0 Å². The number of primary sulfonamides is 1. The molecule has 0 spiro atoms. The molecule has 108 valence electrons. The van der Waals surface area contributed by atoms with Crippen molar-refractivity contribution in [2.45, 2.75) is 31.7 Å². The van der Waals surface area contributed by atoms with Crippen LogP contribution in [0.5, 0.6) is 0 Å². The fraction of sp³-hybridized carbons (Fsp3) is 0.308. The van der Waals surface area contributed by atoms with Gasteiger partial charge in [-0.15, -0.1) is 0 Å². The number of anilines is 1. The Morgan fingerprint density at radius 2 is 1.85 bits per heavy atom. The fourth-order valence-corrected chi connectivity index (χ4v) is 2.69. The monoisotopic (exact) mass is 295 g/mol. The lowest BCUT2D eigenvalue weighted by Crippen LogP contribution is -2.12.